The van der Waals surface area contributed by atoms with E-state index >= 15 is 0 Å². The second-order valence-electron chi connectivity index (χ2n) is 1.72. The van der Waals surface area contributed by atoms with Crippen LogP contribution in [0.3, 0.4) is 0 Å². The molecule has 0 aromatic carbocycles. The van der Waals surface area contributed by atoms with Gasteiger partial charge in [0.25, 0.3) is 5.91 Å². The first-order chi connectivity index (χ1) is 3.55. The van der Waals surface area contributed by atoms with Gasteiger partial charge >= 0.3 is 0 Å². The molecule has 0 radical (unpaired) electrons. The number of nitrogens with two attached hydrogens (primary N) is 1. The first kappa shape index (κ1) is 7.01. The van der Waals surface area contributed by atoms with Crippen molar-refractivity contribution in [2.24, 2.45) is 5.73 Å². The van der Waals surface area contributed by atoms with Crippen LogP contribution in [-0.4, -0.2) is 24.9 Å². The van der Waals surface area contributed by atoms with E-state index in [1.165, 1.54) is 4.90 Å². The summed E-state index contributed by atoms with van der Waals surface area (Å²) < 4.78 is 0. The van der Waals surface area contributed by atoms with Crippen molar-refractivity contribution in [3.05, 3.63) is 12.3 Å². The Morgan fingerprint density at radius 3 is 2.00 bits per heavy atom. The minimum absolute atomic E-state index is 0.0787. The second-order valence-corrected chi connectivity index (χ2v) is 1.72. The fourth-order valence-corrected chi connectivity index (χ4v) is 0.287. The maximum Gasteiger partial charge on any atom is 0.268 e. The molecule has 0 bridgehead atoms. The van der Waals surface area contributed by atoms with Crippen LogP contribution >= 0.6 is 0 Å². The fraction of sp³-hybridized carbons (Fsp3) is 0.400. The first-order valence-electron chi connectivity index (χ1n) is 2.21. The zero-order valence-electron chi connectivity index (χ0n) is 5.14. The predicted octanol–water partition coefficient (Wildman–Crippen LogP) is -0.453. The lowest BCUT2D eigenvalue weighted by Crippen LogP contribution is -2.26. The Bertz CT molecular complexity index is 118. The third-order valence-corrected chi connectivity index (χ3v) is 0.681. The summed E-state index contributed by atoms with van der Waals surface area (Å²) in [6, 6.07) is 0. The Morgan fingerprint density at radius 1 is 1.62 bits per heavy atom. The van der Waals surface area contributed by atoms with Crippen LogP contribution in [0.25, 0.3) is 0 Å². The van der Waals surface area contributed by atoms with Gasteiger partial charge < -0.3 is 10.6 Å². The van der Waals surface area contributed by atoms with Crippen LogP contribution in [0.15, 0.2) is 12.3 Å². The highest BCUT2D eigenvalue weighted by molar-refractivity contribution is 5.91. The number of likely N-dealkylation sites (N-methyl/N-ethyl adjacent to an activating group) is 1. The summed E-state index contributed by atoms with van der Waals surface area (Å²) in [4.78, 5) is 11.9. The van der Waals surface area contributed by atoms with Gasteiger partial charge in [0.2, 0.25) is 0 Å². The summed E-state index contributed by atoms with van der Waals surface area (Å²) in [6.07, 6.45) is 0. The quantitative estimate of drug-likeness (QED) is 0.469. The van der Waals surface area contributed by atoms with Crippen LogP contribution in [0.4, 0.5) is 0 Å². The maximum atomic E-state index is 10.5. The van der Waals surface area contributed by atoms with E-state index in [2.05, 4.69) is 6.58 Å². The van der Waals surface area contributed by atoms with E-state index in [1.54, 1.807) is 14.1 Å². The summed E-state index contributed by atoms with van der Waals surface area (Å²) in [5, 5.41) is 0. The molecule has 0 unspecified atom stereocenters. The van der Waals surface area contributed by atoms with Crippen LogP contribution < -0.4 is 5.73 Å². The fourth-order valence-electron chi connectivity index (χ4n) is 0.287. The number of amides is 1. The molecule has 0 heterocycles. The Labute approximate surface area is 48.8 Å². The molecule has 0 aromatic rings. The van der Waals surface area contributed by atoms with E-state index in [9.17, 15) is 4.79 Å². The Morgan fingerprint density at radius 2 is 2.00 bits per heavy atom. The minimum atomic E-state index is -0.231. The van der Waals surface area contributed by atoms with E-state index < -0.39 is 0 Å². The van der Waals surface area contributed by atoms with E-state index in [0.717, 1.165) is 0 Å². The number of hydrogen-bond acceptors (Lipinski definition) is 2. The Hall–Kier alpha value is -0.990. The smallest absolute Gasteiger partial charge is 0.268 e. The van der Waals surface area contributed by atoms with Crippen LogP contribution in [0.2, 0.25) is 0 Å². The highest BCUT2D eigenvalue weighted by Gasteiger charge is 2.02. The van der Waals surface area contributed by atoms with Crippen LogP contribution in [0.1, 0.15) is 0 Å². The highest BCUT2D eigenvalue weighted by atomic mass is 16.2. The molecule has 8 heavy (non-hydrogen) atoms. The lowest BCUT2D eigenvalue weighted by atomic mass is 10.4. The molecule has 0 aliphatic carbocycles. The molecule has 0 spiro atoms. The van der Waals surface area contributed by atoms with Crippen molar-refractivity contribution in [3.8, 4) is 0 Å². The molecule has 3 nitrogen and oxygen atoms in total. The summed E-state index contributed by atoms with van der Waals surface area (Å²) in [7, 11) is 3.25. The van der Waals surface area contributed by atoms with Crippen molar-refractivity contribution < 1.29 is 4.79 Å². The summed E-state index contributed by atoms with van der Waals surface area (Å²) >= 11 is 0. The van der Waals surface area contributed by atoms with Gasteiger partial charge in [-0.15, -0.1) is 0 Å². The second kappa shape index (κ2) is 2.35. The van der Waals surface area contributed by atoms with Crippen molar-refractivity contribution in [2.45, 2.75) is 0 Å². The number of carbonyl (C=O) groups is 1. The topological polar surface area (TPSA) is 46.3 Å². The average Bonchev–Trinajstić information content (AvgIpc) is 1.64. The van der Waals surface area contributed by atoms with Gasteiger partial charge in [-0.1, -0.05) is 6.58 Å². The minimum Gasteiger partial charge on any atom is -0.395 e. The molecule has 0 atom stereocenters. The number of carbonyl (C=O) groups excluding carboxylic acids is 1. The first-order valence-corrected chi connectivity index (χ1v) is 2.21. The van der Waals surface area contributed by atoms with Gasteiger partial charge in [-0.05, 0) is 0 Å². The van der Waals surface area contributed by atoms with Gasteiger partial charge in [-0.2, -0.15) is 0 Å². The van der Waals surface area contributed by atoms with Gasteiger partial charge in [0.1, 0.15) is 0 Å². The van der Waals surface area contributed by atoms with Gasteiger partial charge in [0.15, 0.2) is 0 Å². The molecule has 0 rings (SSSR count). The van der Waals surface area contributed by atoms with Crippen LogP contribution in [0, 0.1) is 0 Å². The molecule has 3 heteroatoms. The van der Waals surface area contributed by atoms with Crippen molar-refractivity contribution in [1.29, 1.82) is 0 Å². The zero-order chi connectivity index (χ0) is 6.73. The normalized spacial score (nSPS) is 8.25. The third kappa shape index (κ3) is 1.64. The Kier molecular flexibility index (Phi) is 2.06. The number of hydrogen-bond donors (Lipinski definition) is 1. The Balaban J connectivity index is 3.84. The van der Waals surface area contributed by atoms with Crippen molar-refractivity contribution >= 4 is 5.91 Å². The summed E-state index contributed by atoms with van der Waals surface area (Å²) in [6.45, 7) is 3.26. The van der Waals surface area contributed by atoms with Crippen LogP contribution in [-0.2, 0) is 4.79 Å². The molecular weight excluding hydrogens is 104 g/mol. The molecule has 0 saturated heterocycles. The lowest BCUT2D eigenvalue weighted by molar-refractivity contribution is -0.124. The molecule has 0 aliphatic heterocycles. The van der Waals surface area contributed by atoms with E-state index in [0.29, 0.717) is 0 Å². The average molecular weight is 114 g/mol. The molecule has 1 amide bonds. The van der Waals surface area contributed by atoms with Crippen molar-refractivity contribution in [2.75, 3.05) is 14.1 Å². The predicted molar refractivity (Wildman–Crippen MR) is 32.0 cm³/mol. The van der Waals surface area contributed by atoms with Crippen LogP contribution in [0.5, 0.6) is 0 Å². The van der Waals surface area contributed by atoms with Gasteiger partial charge in [0.05, 0.1) is 5.70 Å². The summed E-state index contributed by atoms with van der Waals surface area (Å²) in [5.41, 5.74) is 5.13. The molecule has 0 fully saturated rings. The van der Waals surface area contributed by atoms with Gasteiger partial charge in [-0.3, -0.25) is 4.79 Å². The van der Waals surface area contributed by atoms with Gasteiger partial charge in [-0.25, -0.2) is 0 Å². The molecule has 2 N–H and O–H groups in total. The number of rotatable bonds is 1. The molecule has 0 saturated carbocycles. The highest BCUT2D eigenvalue weighted by Crippen LogP contribution is 1.83. The largest absolute Gasteiger partial charge is 0.395 e. The SMILES string of the molecule is C=C(N)C(=O)N(C)C. The van der Waals surface area contributed by atoms with E-state index in [1.807, 2.05) is 0 Å². The zero-order valence-corrected chi connectivity index (χ0v) is 5.14. The van der Waals surface area contributed by atoms with Gasteiger partial charge in [0, 0.05) is 14.1 Å². The van der Waals surface area contributed by atoms with E-state index in [4.69, 9.17) is 5.73 Å². The van der Waals surface area contributed by atoms with E-state index in [-0.39, 0.29) is 11.6 Å². The number of nitrogens with zero attached hydrogens (tertiary/aromatic N) is 1. The molecule has 0 aliphatic rings. The molecule has 0 aromatic heterocycles. The lowest BCUT2D eigenvalue weighted by Gasteiger charge is -2.07. The molecular formula is C5H10N2O. The molecule has 46 valence electrons. The third-order valence-electron chi connectivity index (χ3n) is 0.681. The summed E-state index contributed by atoms with van der Waals surface area (Å²) in [5.74, 6) is -0.231. The standard InChI is InChI=1S/C5H10N2O/c1-4(6)5(8)7(2)3/h1,6H2,2-3H3. The maximum absolute atomic E-state index is 10.5. The van der Waals surface area contributed by atoms with Crippen molar-refractivity contribution in [3.63, 3.8) is 0 Å². The monoisotopic (exact) mass is 114 g/mol. The van der Waals surface area contributed by atoms with Crippen molar-refractivity contribution in [1.82, 2.24) is 4.90 Å².